The molecule has 11 nitrogen and oxygen atoms in total. The van der Waals surface area contributed by atoms with E-state index >= 15 is 0 Å². The zero-order valence-electron chi connectivity index (χ0n) is 19.8. The molecule has 0 radical (unpaired) electrons. The maximum Gasteiger partial charge on any atom is 0.229 e. The van der Waals surface area contributed by atoms with Crippen LogP contribution in [0.5, 0.6) is 34.5 Å². The maximum absolute atomic E-state index is 11.1. The van der Waals surface area contributed by atoms with Gasteiger partial charge in [0.1, 0.15) is 24.4 Å². The predicted octanol–water partition coefficient (Wildman–Crippen LogP) is 0.371. The number of phenols is 1. The molecular weight excluding hydrogens is 464 g/mol. The predicted molar refractivity (Wildman–Crippen MR) is 122 cm³/mol. The fourth-order valence-corrected chi connectivity index (χ4v) is 4.68. The van der Waals surface area contributed by atoms with Gasteiger partial charge in [-0.2, -0.15) is 0 Å². The molecule has 5 N–H and O–H groups in total. The van der Waals surface area contributed by atoms with E-state index < -0.39 is 37.3 Å². The molecule has 1 aliphatic carbocycles. The molecule has 1 heterocycles. The molecule has 2 aromatic carbocycles. The fraction of sp³-hybridized carbons (Fsp3) is 0.500. The van der Waals surface area contributed by atoms with Crippen LogP contribution in [0.1, 0.15) is 11.1 Å². The zero-order chi connectivity index (χ0) is 25.4. The van der Waals surface area contributed by atoms with Crippen molar-refractivity contribution >= 4 is 0 Å². The number of aryl methyl sites for hydroxylation is 2. The van der Waals surface area contributed by atoms with Crippen molar-refractivity contribution in [3.63, 3.8) is 0 Å². The van der Waals surface area contributed by atoms with Gasteiger partial charge in [-0.05, 0) is 36.1 Å². The standard InChI is InChI=1S/C24H30O11/c1-30-12-7-10-5-6-11-8-13(34-24-20(29)19(28)17(26)14(9-25)35-24)22(32-3)23(33-4)16(11)15(10)18(27)21(12)31-2/h7-8,14,17,19-20,24-29H,5-6,9H2,1-4H3/t14?,17-,19+,20-,24-/m1/s1. The highest BCUT2D eigenvalue weighted by Crippen LogP contribution is 2.55. The summed E-state index contributed by atoms with van der Waals surface area (Å²) in [5.41, 5.74) is 2.69. The van der Waals surface area contributed by atoms with Crippen molar-refractivity contribution < 1.29 is 54.0 Å². The van der Waals surface area contributed by atoms with Gasteiger partial charge in [0.15, 0.2) is 23.0 Å². The lowest BCUT2D eigenvalue weighted by Crippen LogP contribution is -2.60. The van der Waals surface area contributed by atoms with Crippen LogP contribution in [0.15, 0.2) is 12.1 Å². The van der Waals surface area contributed by atoms with E-state index in [0.29, 0.717) is 29.7 Å². The summed E-state index contributed by atoms with van der Waals surface area (Å²) in [5.74, 6) is 1.06. The number of fused-ring (bicyclic) bond motifs is 3. The third-order valence-electron chi connectivity index (χ3n) is 6.42. The number of aliphatic hydroxyl groups excluding tert-OH is 4. The Labute approximate surface area is 202 Å². The molecule has 1 aliphatic heterocycles. The highest BCUT2D eigenvalue weighted by Gasteiger charge is 2.45. The number of aromatic hydroxyl groups is 1. The highest BCUT2D eigenvalue weighted by molar-refractivity contribution is 5.89. The van der Waals surface area contributed by atoms with Crippen molar-refractivity contribution in [3.05, 3.63) is 23.3 Å². The Morgan fingerprint density at radius 3 is 1.94 bits per heavy atom. The Bertz CT molecular complexity index is 1080. The topological polar surface area (TPSA) is 157 Å². The van der Waals surface area contributed by atoms with E-state index in [4.69, 9.17) is 28.4 Å². The van der Waals surface area contributed by atoms with Gasteiger partial charge in [-0.25, -0.2) is 0 Å². The van der Waals surface area contributed by atoms with Crippen molar-refractivity contribution in [1.29, 1.82) is 0 Å². The summed E-state index contributed by atoms with van der Waals surface area (Å²) < 4.78 is 33.4. The zero-order valence-corrected chi connectivity index (χ0v) is 19.8. The van der Waals surface area contributed by atoms with Crippen molar-refractivity contribution in [2.24, 2.45) is 0 Å². The molecule has 0 bridgehead atoms. The van der Waals surface area contributed by atoms with Crippen LogP contribution in [0.2, 0.25) is 0 Å². The van der Waals surface area contributed by atoms with E-state index in [0.717, 1.165) is 11.1 Å². The molecule has 0 spiro atoms. The average Bonchev–Trinajstić information content (AvgIpc) is 2.87. The summed E-state index contributed by atoms with van der Waals surface area (Å²) in [6.45, 7) is -0.587. The summed E-state index contributed by atoms with van der Waals surface area (Å²) >= 11 is 0. The van der Waals surface area contributed by atoms with E-state index in [1.807, 2.05) is 0 Å². The third-order valence-corrected chi connectivity index (χ3v) is 6.42. The number of hydrogen-bond acceptors (Lipinski definition) is 11. The van der Waals surface area contributed by atoms with Crippen LogP contribution in [0.3, 0.4) is 0 Å². The lowest BCUT2D eigenvalue weighted by Gasteiger charge is -2.39. The van der Waals surface area contributed by atoms with Crippen LogP contribution in [-0.2, 0) is 17.6 Å². The number of phenolic OH excluding ortho intramolecular Hbond substituents is 1. The van der Waals surface area contributed by atoms with Gasteiger partial charge in [0.2, 0.25) is 17.8 Å². The SMILES string of the molecule is COc1cc2c(c(O)c1OC)-c1c(cc(O[C@@H]3OC(CO)[C@@H](O)[C@H](O)[C@H]3O)c(OC)c1OC)CC2. The smallest absolute Gasteiger partial charge is 0.229 e. The van der Waals surface area contributed by atoms with Crippen LogP contribution in [0, 0.1) is 0 Å². The molecule has 2 aliphatic rings. The van der Waals surface area contributed by atoms with Crippen molar-refractivity contribution in [2.45, 2.75) is 43.5 Å². The first-order valence-corrected chi connectivity index (χ1v) is 11.0. The maximum atomic E-state index is 11.1. The number of rotatable bonds is 7. The van der Waals surface area contributed by atoms with E-state index in [-0.39, 0.29) is 28.7 Å². The summed E-state index contributed by atoms with van der Waals surface area (Å²) in [7, 11) is 5.78. The molecule has 192 valence electrons. The van der Waals surface area contributed by atoms with Crippen LogP contribution >= 0.6 is 0 Å². The van der Waals surface area contributed by atoms with E-state index in [9.17, 15) is 25.5 Å². The highest BCUT2D eigenvalue weighted by atomic mass is 16.7. The van der Waals surface area contributed by atoms with E-state index in [1.54, 1.807) is 12.1 Å². The normalized spacial score (nSPS) is 25.3. The van der Waals surface area contributed by atoms with Gasteiger partial charge in [-0.15, -0.1) is 0 Å². The molecule has 2 aromatic rings. The molecule has 1 unspecified atom stereocenters. The Kier molecular flexibility index (Phi) is 7.15. The van der Waals surface area contributed by atoms with Gasteiger partial charge in [0, 0.05) is 11.1 Å². The first-order chi connectivity index (χ1) is 16.8. The summed E-state index contributed by atoms with van der Waals surface area (Å²) in [5, 5.41) is 51.1. The minimum atomic E-state index is -1.60. The van der Waals surface area contributed by atoms with Crippen LogP contribution in [-0.4, -0.2) is 91.3 Å². The third kappa shape index (κ3) is 4.09. The Morgan fingerprint density at radius 2 is 1.37 bits per heavy atom. The first-order valence-electron chi connectivity index (χ1n) is 11.0. The number of ether oxygens (including phenoxy) is 6. The molecule has 0 aromatic heterocycles. The second kappa shape index (κ2) is 9.96. The monoisotopic (exact) mass is 494 g/mol. The number of methoxy groups -OCH3 is 4. The summed E-state index contributed by atoms with van der Waals surface area (Å²) in [6.07, 6.45) is -6.11. The molecule has 1 fully saturated rings. The second-order valence-corrected chi connectivity index (χ2v) is 8.29. The summed E-state index contributed by atoms with van der Waals surface area (Å²) in [4.78, 5) is 0. The van der Waals surface area contributed by atoms with Gasteiger partial charge >= 0.3 is 0 Å². The molecule has 11 heteroatoms. The molecule has 5 atom stereocenters. The largest absolute Gasteiger partial charge is 0.504 e. The van der Waals surface area contributed by atoms with Gasteiger partial charge in [0.05, 0.1) is 35.0 Å². The van der Waals surface area contributed by atoms with Gasteiger partial charge < -0.3 is 54.0 Å². The van der Waals surface area contributed by atoms with Gasteiger partial charge in [-0.1, -0.05) is 0 Å². The van der Waals surface area contributed by atoms with E-state index in [2.05, 4.69) is 0 Å². The quantitative estimate of drug-likeness (QED) is 0.362. The number of benzene rings is 2. The van der Waals surface area contributed by atoms with Crippen LogP contribution in [0.4, 0.5) is 0 Å². The van der Waals surface area contributed by atoms with Crippen molar-refractivity contribution in [2.75, 3.05) is 35.0 Å². The van der Waals surface area contributed by atoms with E-state index in [1.165, 1.54) is 28.4 Å². The Balaban J connectivity index is 1.83. The minimum absolute atomic E-state index is 0.106. The van der Waals surface area contributed by atoms with Crippen molar-refractivity contribution in [1.82, 2.24) is 0 Å². The Morgan fingerprint density at radius 1 is 0.771 bits per heavy atom. The van der Waals surface area contributed by atoms with Gasteiger partial charge in [0.25, 0.3) is 0 Å². The first kappa shape index (κ1) is 25.1. The second-order valence-electron chi connectivity index (χ2n) is 8.29. The molecule has 0 amide bonds. The van der Waals surface area contributed by atoms with Crippen LogP contribution < -0.4 is 23.7 Å². The fourth-order valence-electron chi connectivity index (χ4n) is 4.68. The number of aliphatic hydroxyl groups is 4. The summed E-state index contributed by atoms with van der Waals surface area (Å²) in [6, 6.07) is 3.48. The van der Waals surface area contributed by atoms with Crippen molar-refractivity contribution in [3.8, 4) is 45.6 Å². The van der Waals surface area contributed by atoms with Crippen LogP contribution in [0.25, 0.3) is 11.1 Å². The minimum Gasteiger partial charge on any atom is -0.504 e. The average molecular weight is 494 g/mol. The molecule has 4 rings (SSSR count). The Hall–Kier alpha value is -2.96. The molecule has 35 heavy (non-hydrogen) atoms. The molecule has 0 saturated carbocycles. The lowest BCUT2D eigenvalue weighted by molar-refractivity contribution is -0.277. The van der Waals surface area contributed by atoms with Gasteiger partial charge in [-0.3, -0.25) is 0 Å². The molecular formula is C24H30O11. The lowest BCUT2D eigenvalue weighted by atomic mass is 9.83. The molecule has 1 saturated heterocycles. The number of hydrogen-bond donors (Lipinski definition) is 5.